The molecule has 1 saturated heterocycles. The molecule has 186 valence electrons. The third kappa shape index (κ3) is 4.68. The minimum Gasteiger partial charge on any atom is -0.497 e. The number of nitrogens with zero attached hydrogens (tertiary/aromatic N) is 5. The molecule has 1 fully saturated rings. The number of methoxy groups -OCH3 is 1. The standard InChI is InChI=1S/C25H21ClF3N5O2/c1-36-19-7-2-4-16(12-19)20-14-22(25(27,28)29)34-23(30-20)15-21(31-34)24(35)33-10-8-32(9-11-33)18-6-3-5-17(26)13-18/h2-7,12-15H,8-11H2,1H3. The van der Waals surface area contributed by atoms with E-state index in [1.807, 2.05) is 18.2 Å². The zero-order valence-electron chi connectivity index (χ0n) is 19.2. The van der Waals surface area contributed by atoms with Crippen LogP contribution in [-0.4, -0.2) is 58.7 Å². The molecule has 0 N–H and O–H groups in total. The summed E-state index contributed by atoms with van der Waals surface area (Å²) in [5.41, 5.74) is 0.327. The van der Waals surface area contributed by atoms with Crippen LogP contribution in [0.15, 0.2) is 60.7 Å². The summed E-state index contributed by atoms with van der Waals surface area (Å²) in [5, 5.41) is 4.62. The number of hydrogen-bond acceptors (Lipinski definition) is 5. The van der Waals surface area contributed by atoms with Gasteiger partial charge in [0.1, 0.15) is 5.75 Å². The lowest BCUT2D eigenvalue weighted by molar-refractivity contribution is -0.142. The Hall–Kier alpha value is -3.79. The number of halogens is 4. The van der Waals surface area contributed by atoms with Crippen molar-refractivity contribution >= 4 is 28.8 Å². The number of alkyl halides is 3. The van der Waals surface area contributed by atoms with Gasteiger partial charge in [-0.3, -0.25) is 4.79 Å². The van der Waals surface area contributed by atoms with Gasteiger partial charge in [0.05, 0.1) is 12.8 Å². The molecule has 11 heteroatoms. The smallest absolute Gasteiger partial charge is 0.433 e. The van der Waals surface area contributed by atoms with Gasteiger partial charge in [-0.1, -0.05) is 29.8 Å². The Morgan fingerprint density at radius 3 is 2.44 bits per heavy atom. The largest absolute Gasteiger partial charge is 0.497 e. The van der Waals surface area contributed by atoms with Crippen molar-refractivity contribution < 1.29 is 22.7 Å². The first kappa shape index (κ1) is 23.9. The summed E-state index contributed by atoms with van der Waals surface area (Å²) in [4.78, 5) is 21.2. The maximum Gasteiger partial charge on any atom is 0.433 e. The molecular formula is C25H21ClF3N5O2. The Kier molecular flexibility index (Phi) is 6.21. The number of anilines is 1. The van der Waals surface area contributed by atoms with E-state index in [-0.39, 0.29) is 17.0 Å². The minimum absolute atomic E-state index is 0.0661. The molecule has 0 radical (unpaired) electrons. The van der Waals surface area contributed by atoms with Crippen molar-refractivity contribution in [2.75, 3.05) is 38.2 Å². The van der Waals surface area contributed by atoms with Crippen LogP contribution in [0.1, 0.15) is 16.2 Å². The first-order chi connectivity index (χ1) is 17.2. The highest BCUT2D eigenvalue weighted by Crippen LogP contribution is 2.33. The molecule has 2 aromatic heterocycles. The predicted octanol–water partition coefficient (Wildman–Crippen LogP) is 5.04. The third-order valence-electron chi connectivity index (χ3n) is 6.04. The fraction of sp³-hybridized carbons (Fsp3) is 0.240. The molecule has 2 aromatic carbocycles. The zero-order chi connectivity index (χ0) is 25.4. The molecule has 0 atom stereocenters. The average Bonchev–Trinajstić information content (AvgIpc) is 3.31. The van der Waals surface area contributed by atoms with E-state index >= 15 is 0 Å². The fourth-order valence-corrected chi connectivity index (χ4v) is 4.40. The Morgan fingerprint density at radius 2 is 1.75 bits per heavy atom. The van der Waals surface area contributed by atoms with Gasteiger partial charge in [0, 0.05) is 48.5 Å². The number of fused-ring (bicyclic) bond motifs is 1. The lowest BCUT2D eigenvalue weighted by Crippen LogP contribution is -2.48. The molecule has 5 rings (SSSR count). The van der Waals surface area contributed by atoms with Gasteiger partial charge in [-0.25, -0.2) is 9.50 Å². The van der Waals surface area contributed by atoms with Gasteiger partial charge in [0.15, 0.2) is 17.0 Å². The Labute approximate surface area is 209 Å². The van der Waals surface area contributed by atoms with Crippen LogP contribution in [0.3, 0.4) is 0 Å². The van der Waals surface area contributed by atoms with Gasteiger partial charge in [0.25, 0.3) is 5.91 Å². The molecule has 36 heavy (non-hydrogen) atoms. The molecule has 4 aromatic rings. The number of hydrogen-bond donors (Lipinski definition) is 0. The Balaban J connectivity index is 1.43. The molecule has 0 bridgehead atoms. The second-order valence-corrected chi connectivity index (χ2v) is 8.75. The molecule has 0 spiro atoms. The van der Waals surface area contributed by atoms with E-state index in [4.69, 9.17) is 16.3 Å². The van der Waals surface area contributed by atoms with Crippen LogP contribution >= 0.6 is 11.6 Å². The van der Waals surface area contributed by atoms with Crippen molar-refractivity contribution in [2.45, 2.75) is 6.18 Å². The zero-order valence-corrected chi connectivity index (χ0v) is 19.9. The number of ether oxygens (including phenoxy) is 1. The third-order valence-corrected chi connectivity index (χ3v) is 6.28. The molecular weight excluding hydrogens is 495 g/mol. The number of piperazine rings is 1. The van der Waals surface area contributed by atoms with Crippen molar-refractivity contribution in [3.8, 4) is 17.0 Å². The van der Waals surface area contributed by atoms with E-state index in [1.165, 1.54) is 13.2 Å². The van der Waals surface area contributed by atoms with Gasteiger partial charge < -0.3 is 14.5 Å². The Bertz CT molecular complexity index is 1430. The van der Waals surface area contributed by atoms with Crippen molar-refractivity contribution in [1.29, 1.82) is 0 Å². The molecule has 0 aliphatic carbocycles. The molecule has 7 nitrogen and oxygen atoms in total. The number of amides is 1. The molecule has 3 heterocycles. The molecule has 0 unspecified atom stereocenters. The SMILES string of the molecule is COc1cccc(-c2cc(C(F)(F)F)n3nc(C(=O)N4CCN(c5cccc(Cl)c5)CC4)cc3n2)c1. The number of benzene rings is 2. The quantitative estimate of drug-likeness (QED) is 0.381. The summed E-state index contributed by atoms with van der Waals surface area (Å²) in [6.45, 7) is 1.92. The minimum atomic E-state index is -4.70. The monoisotopic (exact) mass is 515 g/mol. The van der Waals surface area contributed by atoms with Crippen molar-refractivity contribution in [3.63, 3.8) is 0 Å². The predicted molar refractivity (Wildman–Crippen MR) is 130 cm³/mol. The molecule has 0 saturated carbocycles. The summed E-state index contributed by atoms with van der Waals surface area (Å²) in [6, 6.07) is 16.3. The molecule has 1 aliphatic rings. The summed E-state index contributed by atoms with van der Waals surface area (Å²) in [6.07, 6.45) is -4.70. The Morgan fingerprint density at radius 1 is 1.00 bits per heavy atom. The van der Waals surface area contributed by atoms with E-state index in [1.54, 1.807) is 35.2 Å². The fourth-order valence-electron chi connectivity index (χ4n) is 4.21. The number of carbonyl (C=O) groups is 1. The van der Waals surface area contributed by atoms with Gasteiger partial charge in [-0.15, -0.1) is 0 Å². The highest BCUT2D eigenvalue weighted by atomic mass is 35.5. The number of aromatic nitrogens is 3. The van der Waals surface area contributed by atoms with Crippen LogP contribution < -0.4 is 9.64 Å². The average molecular weight is 516 g/mol. The number of rotatable bonds is 4. The van der Waals surface area contributed by atoms with E-state index in [9.17, 15) is 18.0 Å². The summed E-state index contributed by atoms with van der Waals surface area (Å²) < 4.78 is 47.7. The maximum absolute atomic E-state index is 13.9. The highest BCUT2D eigenvalue weighted by Gasteiger charge is 2.36. The lowest BCUT2D eigenvalue weighted by atomic mass is 10.1. The van der Waals surface area contributed by atoms with E-state index < -0.39 is 17.8 Å². The van der Waals surface area contributed by atoms with Gasteiger partial charge >= 0.3 is 6.18 Å². The second-order valence-electron chi connectivity index (χ2n) is 8.32. The highest BCUT2D eigenvalue weighted by molar-refractivity contribution is 6.30. The number of carbonyl (C=O) groups excluding carboxylic acids is 1. The first-order valence-electron chi connectivity index (χ1n) is 11.2. The van der Waals surface area contributed by atoms with Gasteiger partial charge in [-0.05, 0) is 36.4 Å². The van der Waals surface area contributed by atoms with Crippen LogP contribution in [0.25, 0.3) is 16.9 Å². The van der Waals surface area contributed by atoms with Crippen molar-refractivity contribution in [1.82, 2.24) is 19.5 Å². The van der Waals surface area contributed by atoms with Crippen LogP contribution in [0.5, 0.6) is 5.75 Å². The van der Waals surface area contributed by atoms with Crippen LogP contribution in [-0.2, 0) is 6.18 Å². The van der Waals surface area contributed by atoms with Gasteiger partial charge in [-0.2, -0.15) is 18.3 Å². The first-order valence-corrected chi connectivity index (χ1v) is 11.5. The van der Waals surface area contributed by atoms with Crippen LogP contribution in [0.4, 0.5) is 18.9 Å². The molecule has 1 aliphatic heterocycles. The van der Waals surface area contributed by atoms with Crippen LogP contribution in [0, 0.1) is 0 Å². The van der Waals surface area contributed by atoms with Crippen LogP contribution in [0.2, 0.25) is 5.02 Å². The van der Waals surface area contributed by atoms with Gasteiger partial charge in [0.2, 0.25) is 0 Å². The lowest BCUT2D eigenvalue weighted by Gasteiger charge is -2.35. The van der Waals surface area contributed by atoms with E-state index in [0.717, 1.165) is 11.8 Å². The maximum atomic E-state index is 13.9. The van der Waals surface area contributed by atoms with Crippen molar-refractivity contribution in [2.24, 2.45) is 0 Å². The topological polar surface area (TPSA) is 63.0 Å². The van der Waals surface area contributed by atoms with E-state index in [0.29, 0.717) is 47.0 Å². The summed E-state index contributed by atoms with van der Waals surface area (Å²) >= 11 is 6.08. The normalized spacial score (nSPS) is 14.4. The summed E-state index contributed by atoms with van der Waals surface area (Å²) in [5.74, 6) is 0.0475. The van der Waals surface area contributed by atoms with Crippen molar-refractivity contribution in [3.05, 3.63) is 77.1 Å². The molecule has 1 amide bonds. The summed E-state index contributed by atoms with van der Waals surface area (Å²) in [7, 11) is 1.47. The van der Waals surface area contributed by atoms with E-state index in [2.05, 4.69) is 15.0 Å². The second kappa shape index (κ2) is 9.34.